The number of nitrogens with zero attached hydrogens (tertiary/aromatic N) is 2. The molecular weight excluding hydrogens is 643 g/mol. The lowest BCUT2D eigenvalue weighted by atomic mass is 10.0. The van der Waals surface area contributed by atoms with E-state index >= 15 is 0 Å². The summed E-state index contributed by atoms with van der Waals surface area (Å²) in [4.78, 5) is 18.2. The molecule has 5 rings (SSSR count). The van der Waals surface area contributed by atoms with Crippen LogP contribution in [0, 0.1) is 5.92 Å². The van der Waals surface area contributed by atoms with Crippen LogP contribution in [-0.4, -0.2) is 87.6 Å². The molecule has 2 aliphatic heterocycles. The number of ether oxygens (including phenoxy) is 4. The third-order valence-electron chi connectivity index (χ3n) is 8.44. The first-order valence-corrected chi connectivity index (χ1v) is 18.4. The number of likely N-dealkylation sites (N-methyl/N-ethyl adjacent to an activating group) is 1. The van der Waals surface area contributed by atoms with Crippen molar-refractivity contribution in [2.75, 3.05) is 44.9 Å². The molecule has 2 aromatic carbocycles. The van der Waals surface area contributed by atoms with E-state index in [1.165, 1.54) is 12.1 Å². The third-order valence-corrected chi connectivity index (χ3v) is 11.2. The number of fused-ring (bicyclic) bond motifs is 2. The molecule has 47 heavy (non-hydrogen) atoms. The van der Waals surface area contributed by atoms with Crippen LogP contribution in [0.1, 0.15) is 56.0 Å². The fourth-order valence-electron chi connectivity index (χ4n) is 5.79. The van der Waals surface area contributed by atoms with Gasteiger partial charge in [-0.3, -0.25) is 14.4 Å². The van der Waals surface area contributed by atoms with Crippen molar-refractivity contribution in [1.29, 1.82) is 0 Å². The highest BCUT2D eigenvalue weighted by atomic mass is 32.2. The first kappa shape index (κ1) is 35.0. The summed E-state index contributed by atoms with van der Waals surface area (Å²) in [7, 11) is -1.79. The largest absolute Gasteiger partial charge is 0.490 e. The van der Waals surface area contributed by atoms with Crippen LogP contribution >= 0.6 is 11.3 Å². The summed E-state index contributed by atoms with van der Waals surface area (Å²) in [6.07, 6.45) is 2.10. The minimum absolute atomic E-state index is 0.0982. The van der Waals surface area contributed by atoms with Gasteiger partial charge in [-0.05, 0) is 87.5 Å². The average Bonchev–Trinajstić information content (AvgIpc) is 3.75. The van der Waals surface area contributed by atoms with E-state index in [0.29, 0.717) is 32.0 Å². The second-order valence-electron chi connectivity index (χ2n) is 12.4. The lowest BCUT2D eigenvalue weighted by Crippen LogP contribution is -2.47. The van der Waals surface area contributed by atoms with Gasteiger partial charge < -0.3 is 29.0 Å². The average molecular weight is 688 g/mol. The molecule has 13 heteroatoms. The highest BCUT2D eigenvalue weighted by Crippen LogP contribution is 2.33. The molecule has 0 saturated heterocycles. The SMILES string of the molecule is C[C@@H]1CCCCO[C@@H](CN(C)Cc2ccc3c(c2)OCO3)[C@@H](C)CN([C@H](C)CO)C(=O)c2cc(NS(=O)(=O)c3cccs3)ccc2O1. The predicted octanol–water partition coefficient (Wildman–Crippen LogP) is 5.21. The lowest BCUT2D eigenvalue weighted by Gasteiger charge is -2.36. The van der Waals surface area contributed by atoms with Crippen molar-refractivity contribution >= 4 is 33.0 Å². The van der Waals surface area contributed by atoms with Gasteiger partial charge in [0.1, 0.15) is 9.96 Å². The van der Waals surface area contributed by atoms with E-state index in [1.807, 2.05) is 32.2 Å². The number of thiophene rings is 1. The number of carbonyl (C=O) groups is 1. The molecule has 0 saturated carbocycles. The van der Waals surface area contributed by atoms with Crippen molar-refractivity contribution in [3.63, 3.8) is 0 Å². The van der Waals surface area contributed by atoms with Gasteiger partial charge >= 0.3 is 0 Å². The van der Waals surface area contributed by atoms with Crippen molar-refractivity contribution in [3.8, 4) is 17.2 Å². The van der Waals surface area contributed by atoms with Gasteiger partial charge in [0.2, 0.25) is 6.79 Å². The van der Waals surface area contributed by atoms with E-state index in [9.17, 15) is 18.3 Å². The second kappa shape index (κ2) is 15.7. The predicted molar refractivity (Wildman–Crippen MR) is 181 cm³/mol. The fourth-order valence-corrected chi connectivity index (χ4v) is 7.84. The normalized spacial score (nSPS) is 21.5. The minimum Gasteiger partial charge on any atom is -0.490 e. The molecule has 0 fully saturated rings. The van der Waals surface area contributed by atoms with Crippen molar-refractivity contribution < 1.29 is 37.3 Å². The second-order valence-corrected chi connectivity index (χ2v) is 15.3. The number of sulfonamides is 1. The monoisotopic (exact) mass is 687 g/mol. The van der Waals surface area contributed by atoms with Crippen LogP contribution in [0.25, 0.3) is 0 Å². The Bertz CT molecular complexity index is 1600. The van der Waals surface area contributed by atoms with Crippen LogP contribution in [0.3, 0.4) is 0 Å². The van der Waals surface area contributed by atoms with Gasteiger partial charge in [0, 0.05) is 37.8 Å². The number of hydrogen-bond donors (Lipinski definition) is 2. The van der Waals surface area contributed by atoms with Crippen LogP contribution in [0.4, 0.5) is 5.69 Å². The highest BCUT2D eigenvalue weighted by molar-refractivity contribution is 7.94. The fraction of sp³-hybridized carbons (Fsp3) is 0.500. The van der Waals surface area contributed by atoms with Crippen molar-refractivity contribution in [2.24, 2.45) is 5.92 Å². The lowest BCUT2D eigenvalue weighted by molar-refractivity contribution is -0.0177. The Morgan fingerprint density at radius 2 is 1.87 bits per heavy atom. The van der Waals surface area contributed by atoms with E-state index in [2.05, 4.69) is 16.5 Å². The molecule has 2 aliphatic rings. The van der Waals surface area contributed by atoms with Crippen molar-refractivity contribution in [3.05, 3.63) is 65.0 Å². The number of carbonyl (C=O) groups excluding carboxylic acids is 1. The van der Waals surface area contributed by atoms with E-state index in [1.54, 1.807) is 35.4 Å². The van der Waals surface area contributed by atoms with Gasteiger partial charge in [-0.1, -0.05) is 19.1 Å². The molecule has 2 N–H and O–H groups in total. The Kier molecular flexibility index (Phi) is 11.7. The minimum atomic E-state index is -3.83. The maximum Gasteiger partial charge on any atom is 0.271 e. The van der Waals surface area contributed by atoms with Crippen molar-refractivity contribution in [1.82, 2.24) is 9.80 Å². The number of aliphatic hydroxyl groups is 1. The van der Waals surface area contributed by atoms with Gasteiger partial charge in [-0.25, -0.2) is 8.42 Å². The molecule has 1 aromatic heterocycles. The zero-order valence-electron chi connectivity index (χ0n) is 27.4. The number of aliphatic hydroxyl groups excluding tert-OH is 1. The summed E-state index contributed by atoms with van der Waals surface area (Å²) in [6, 6.07) is 13.4. The molecule has 3 aromatic rings. The Hall–Kier alpha value is -3.36. The first-order valence-electron chi connectivity index (χ1n) is 16.0. The van der Waals surface area contributed by atoms with Gasteiger partial charge in [0.05, 0.1) is 30.4 Å². The molecule has 4 atom stereocenters. The third kappa shape index (κ3) is 8.96. The smallest absolute Gasteiger partial charge is 0.271 e. The maximum absolute atomic E-state index is 14.4. The van der Waals surface area contributed by atoms with Gasteiger partial charge in [-0.2, -0.15) is 0 Å². The van der Waals surface area contributed by atoms with Gasteiger partial charge in [0.15, 0.2) is 11.5 Å². The summed E-state index contributed by atoms with van der Waals surface area (Å²) >= 11 is 1.11. The molecule has 0 aliphatic carbocycles. The van der Waals surface area contributed by atoms with E-state index in [-0.39, 0.29) is 52.9 Å². The number of benzene rings is 2. The van der Waals surface area contributed by atoms with E-state index in [4.69, 9.17) is 18.9 Å². The summed E-state index contributed by atoms with van der Waals surface area (Å²) in [5, 5.41) is 11.9. The van der Waals surface area contributed by atoms with Crippen molar-refractivity contribution in [2.45, 2.75) is 69.0 Å². The molecule has 0 radical (unpaired) electrons. The quantitative estimate of drug-likeness (QED) is 0.312. The number of hydrogen-bond acceptors (Lipinski definition) is 10. The van der Waals surface area contributed by atoms with E-state index in [0.717, 1.165) is 47.7 Å². The van der Waals surface area contributed by atoms with Gasteiger partial charge in [-0.15, -0.1) is 11.3 Å². The summed E-state index contributed by atoms with van der Waals surface area (Å²) in [5.74, 6) is 1.40. The van der Waals surface area contributed by atoms with Crippen LogP contribution < -0.4 is 18.9 Å². The van der Waals surface area contributed by atoms with Gasteiger partial charge in [0.25, 0.3) is 15.9 Å². The van der Waals surface area contributed by atoms with Crippen LogP contribution in [0.15, 0.2) is 58.1 Å². The zero-order chi connectivity index (χ0) is 33.6. The van der Waals surface area contributed by atoms with Crippen LogP contribution in [-0.2, 0) is 21.3 Å². The summed E-state index contributed by atoms with van der Waals surface area (Å²) < 4.78 is 52.5. The first-order chi connectivity index (χ1) is 22.5. The molecule has 3 heterocycles. The number of anilines is 1. The number of nitrogens with one attached hydrogen (secondary N) is 1. The molecular formula is C34H45N3O8S2. The Balaban J connectivity index is 1.40. The zero-order valence-corrected chi connectivity index (χ0v) is 29.0. The Morgan fingerprint density at radius 3 is 2.64 bits per heavy atom. The Labute approximate surface area is 281 Å². The molecule has 0 unspecified atom stereocenters. The van der Waals surface area contributed by atoms with Crippen LogP contribution in [0.2, 0.25) is 0 Å². The summed E-state index contributed by atoms with van der Waals surface area (Å²) in [5.41, 5.74) is 1.57. The highest BCUT2D eigenvalue weighted by Gasteiger charge is 2.31. The topological polar surface area (TPSA) is 127 Å². The Morgan fingerprint density at radius 1 is 1.09 bits per heavy atom. The molecule has 11 nitrogen and oxygen atoms in total. The molecule has 256 valence electrons. The van der Waals surface area contributed by atoms with E-state index < -0.39 is 16.1 Å². The maximum atomic E-state index is 14.4. The number of amides is 1. The molecule has 1 amide bonds. The summed E-state index contributed by atoms with van der Waals surface area (Å²) in [6.45, 7) is 7.97. The number of rotatable bonds is 9. The standard InChI is InChI=1S/C34H45N3O8S2/c1-23-18-37(24(2)21-38)34(39)28-17-27(35-47(40,41)33-9-7-15-46-33)11-13-29(28)45-25(3)8-5-6-14-42-32(23)20-36(4)19-26-10-12-30-31(16-26)44-22-43-30/h7,9-13,15-17,23-25,32,35,38H,5-6,8,14,18-22H2,1-4H3/t23-,24+,25+,32-/m0/s1. The van der Waals surface area contributed by atoms with Crippen LogP contribution in [0.5, 0.6) is 17.2 Å². The molecule has 0 spiro atoms. The molecule has 0 bridgehead atoms.